The van der Waals surface area contributed by atoms with Crippen LogP contribution < -0.4 is 0 Å². The Labute approximate surface area is 164 Å². The predicted octanol–water partition coefficient (Wildman–Crippen LogP) is 5.31. The minimum Gasteiger partial charge on any atom is -0.507 e. The maximum Gasteiger partial charge on any atom is 0.189 e. The van der Waals surface area contributed by atoms with Crippen LogP contribution in [0.25, 0.3) is 6.08 Å². The molecule has 0 fully saturated rings. The minimum absolute atomic E-state index is 0.0845. The molecule has 4 aliphatic rings. The lowest BCUT2D eigenvalue weighted by Crippen LogP contribution is -2.07. The van der Waals surface area contributed by atoms with Crippen LogP contribution in [-0.2, 0) is 25.7 Å². The summed E-state index contributed by atoms with van der Waals surface area (Å²) in [5.41, 5.74) is 5.18. The van der Waals surface area contributed by atoms with E-state index in [-0.39, 0.29) is 17.3 Å². The lowest BCUT2D eigenvalue weighted by atomic mass is 9.90. The SMILES string of the molecule is O=C(/C=C/c1ccc(F)cc1)c1c2ccc(c1O)CCc1ccc(cc1)CC2. The van der Waals surface area contributed by atoms with Crippen molar-refractivity contribution in [3.8, 4) is 5.75 Å². The molecule has 3 aromatic carbocycles. The Morgan fingerprint density at radius 2 is 1.36 bits per heavy atom. The summed E-state index contributed by atoms with van der Waals surface area (Å²) in [6.45, 7) is 0. The summed E-state index contributed by atoms with van der Waals surface area (Å²) in [5.74, 6) is -0.462. The molecule has 1 N–H and O–H groups in total. The van der Waals surface area contributed by atoms with Gasteiger partial charge in [0.1, 0.15) is 11.6 Å². The summed E-state index contributed by atoms with van der Waals surface area (Å²) in [4.78, 5) is 12.9. The number of phenols is 1. The number of halogens is 1. The Balaban J connectivity index is 1.68. The lowest BCUT2D eigenvalue weighted by Gasteiger charge is -2.15. The number of benzene rings is 3. The second kappa shape index (κ2) is 7.81. The Morgan fingerprint density at radius 3 is 2.00 bits per heavy atom. The first kappa shape index (κ1) is 18.2. The average molecular weight is 372 g/mol. The Bertz CT molecular complexity index is 1030. The normalized spacial score (nSPS) is 13.5. The van der Waals surface area contributed by atoms with Gasteiger partial charge in [-0.2, -0.15) is 0 Å². The quantitative estimate of drug-likeness (QED) is 0.500. The van der Waals surface area contributed by atoms with Gasteiger partial charge in [-0.25, -0.2) is 4.39 Å². The zero-order valence-electron chi connectivity index (χ0n) is 15.5. The van der Waals surface area contributed by atoms with E-state index in [2.05, 4.69) is 24.3 Å². The molecular formula is C25H21FO2. The van der Waals surface area contributed by atoms with Gasteiger partial charge >= 0.3 is 0 Å². The van der Waals surface area contributed by atoms with E-state index in [0.717, 1.165) is 29.5 Å². The molecule has 0 atom stereocenters. The zero-order valence-corrected chi connectivity index (χ0v) is 15.5. The number of hydrogen-bond acceptors (Lipinski definition) is 2. The molecule has 3 aromatic rings. The average Bonchev–Trinajstić information content (AvgIpc) is 2.70. The van der Waals surface area contributed by atoms with Crippen LogP contribution in [0.3, 0.4) is 0 Å². The zero-order chi connectivity index (χ0) is 19.5. The van der Waals surface area contributed by atoms with E-state index in [1.165, 1.54) is 29.3 Å². The van der Waals surface area contributed by atoms with Crippen LogP contribution in [0.2, 0.25) is 0 Å². The topological polar surface area (TPSA) is 37.3 Å². The number of aromatic hydroxyl groups is 1. The first-order valence-corrected chi connectivity index (χ1v) is 9.50. The number of aryl methyl sites for hydroxylation is 4. The monoisotopic (exact) mass is 372 g/mol. The van der Waals surface area contributed by atoms with E-state index < -0.39 is 0 Å². The van der Waals surface area contributed by atoms with Crippen LogP contribution in [0.4, 0.5) is 4.39 Å². The van der Waals surface area contributed by atoms with E-state index in [0.29, 0.717) is 18.4 Å². The van der Waals surface area contributed by atoms with Crippen LogP contribution in [0, 0.1) is 5.82 Å². The van der Waals surface area contributed by atoms with E-state index in [1.54, 1.807) is 18.2 Å². The second-order valence-corrected chi connectivity index (χ2v) is 7.17. The molecule has 140 valence electrons. The van der Waals surface area contributed by atoms with E-state index >= 15 is 0 Å². The highest BCUT2D eigenvalue weighted by molar-refractivity contribution is 6.09. The van der Waals surface area contributed by atoms with Crippen molar-refractivity contribution < 1.29 is 14.3 Å². The van der Waals surface area contributed by atoms with Gasteiger partial charge in [-0.1, -0.05) is 54.6 Å². The highest BCUT2D eigenvalue weighted by Crippen LogP contribution is 2.30. The predicted molar refractivity (Wildman–Crippen MR) is 109 cm³/mol. The van der Waals surface area contributed by atoms with Crippen molar-refractivity contribution in [2.24, 2.45) is 0 Å². The van der Waals surface area contributed by atoms with Gasteiger partial charge in [-0.05, 0) is 71.7 Å². The smallest absolute Gasteiger partial charge is 0.189 e. The third-order valence-corrected chi connectivity index (χ3v) is 5.28. The molecule has 0 saturated heterocycles. The van der Waals surface area contributed by atoms with Crippen LogP contribution in [0.5, 0.6) is 5.75 Å². The van der Waals surface area contributed by atoms with Crippen molar-refractivity contribution in [3.63, 3.8) is 0 Å². The van der Waals surface area contributed by atoms with Crippen LogP contribution in [-0.4, -0.2) is 10.9 Å². The van der Waals surface area contributed by atoms with Gasteiger partial charge < -0.3 is 5.11 Å². The van der Waals surface area contributed by atoms with Gasteiger partial charge in [0.05, 0.1) is 5.56 Å². The van der Waals surface area contributed by atoms with E-state index in [9.17, 15) is 14.3 Å². The molecule has 3 heteroatoms. The van der Waals surface area contributed by atoms with Crippen molar-refractivity contribution in [2.45, 2.75) is 25.7 Å². The van der Waals surface area contributed by atoms with Gasteiger partial charge in [0.2, 0.25) is 0 Å². The summed E-state index contributed by atoms with van der Waals surface area (Å²) in [5, 5.41) is 10.8. The van der Waals surface area contributed by atoms with Gasteiger partial charge in [0.15, 0.2) is 5.78 Å². The van der Waals surface area contributed by atoms with Crippen molar-refractivity contribution in [2.75, 3.05) is 0 Å². The first-order chi connectivity index (χ1) is 13.6. The van der Waals surface area contributed by atoms with Crippen molar-refractivity contribution in [3.05, 3.63) is 106 Å². The second-order valence-electron chi connectivity index (χ2n) is 7.17. The summed E-state index contributed by atoms with van der Waals surface area (Å²) >= 11 is 0. The van der Waals surface area contributed by atoms with Crippen molar-refractivity contribution in [1.29, 1.82) is 0 Å². The molecule has 0 unspecified atom stereocenters. The number of carbonyl (C=O) groups is 1. The lowest BCUT2D eigenvalue weighted by molar-refractivity contribution is 0.104. The molecule has 0 spiro atoms. The summed E-state index contributed by atoms with van der Waals surface area (Å²) in [6, 6.07) is 18.4. The molecule has 0 saturated carbocycles. The van der Waals surface area contributed by atoms with Gasteiger partial charge in [-0.3, -0.25) is 4.79 Å². The number of phenolic OH excluding ortho intramolecular Hbond substituents is 1. The summed E-state index contributed by atoms with van der Waals surface area (Å²) < 4.78 is 13.1. The fourth-order valence-corrected chi connectivity index (χ4v) is 3.62. The van der Waals surface area contributed by atoms with Crippen LogP contribution in [0.1, 0.15) is 38.2 Å². The number of hydrogen-bond donors (Lipinski definition) is 1. The molecule has 0 amide bonds. The van der Waals surface area contributed by atoms with Gasteiger partial charge in [-0.15, -0.1) is 0 Å². The fraction of sp³-hybridized carbons (Fsp3) is 0.160. The van der Waals surface area contributed by atoms with Crippen molar-refractivity contribution >= 4 is 11.9 Å². The van der Waals surface area contributed by atoms with Crippen LogP contribution >= 0.6 is 0 Å². The third-order valence-electron chi connectivity index (χ3n) is 5.28. The molecule has 0 aliphatic heterocycles. The summed E-state index contributed by atoms with van der Waals surface area (Å²) in [7, 11) is 0. The molecule has 4 bridgehead atoms. The third kappa shape index (κ3) is 3.89. The summed E-state index contributed by atoms with van der Waals surface area (Å²) in [6.07, 6.45) is 6.08. The molecule has 2 nitrogen and oxygen atoms in total. The standard InChI is InChI=1S/C25H21FO2/c26-22-14-7-19(8-15-22)9-16-23(27)24-20-10-5-17-1-3-18(4-2-17)6-11-21(13-12-20)25(24)28/h1-4,7-9,12-16,28H,5-6,10-11H2/b16-9+. The number of rotatable bonds is 3. The van der Waals surface area contributed by atoms with E-state index in [4.69, 9.17) is 0 Å². The highest BCUT2D eigenvalue weighted by atomic mass is 19.1. The van der Waals surface area contributed by atoms with E-state index in [1.807, 2.05) is 12.1 Å². The van der Waals surface area contributed by atoms with Crippen LogP contribution in [0.15, 0.2) is 66.7 Å². The fourth-order valence-electron chi connectivity index (χ4n) is 3.62. The Kier molecular flexibility index (Phi) is 5.07. The largest absolute Gasteiger partial charge is 0.507 e. The minimum atomic E-state index is -0.315. The first-order valence-electron chi connectivity index (χ1n) is 9.50. The number of carbonyl (C=O) groups excluding carboxylic acids is 1. The molecule has 28 heavy (non-hydrogen) atoms. The maximum atomic E-state index is 13.1. The molecule has 0 heterocycles. The number of ketones is 1. The maximum absolute atomic E-state index is 13.1. The van der Waals surface area contributed by atoms with Gasteiger partial charge in [0.25, 0.3) is 0 Å². The van der Waals surface area contributed by atoms with Crippen molar-refractivity contribution in [1.82, 2.24) is 0 Å². The molecular weight excluding hydrogens is 351 g/mol. The molecule has 0 radical (unpaired) electrons. The number of allylic oxidation sites excluding steroid dienone is 1. The molecule has 7 rings (SSSR count). The molecule has 0 aromatic heterocycles. The highest BCUT2D eigenvalue weighted by Gasteiger charge is 2.18. The molecule has 4 aliphatic carbocycles. The Hall–Kier alpha value is -3.20. The Morgan fingerprint density at radius 1 is 0.786 bits per heavy atom. The van der Waals surface area contributed by atoms with Gasteiger partial charge in [0, 0.05) is 0 Å².